The Balaban J connectivity index is 2.03. The predicted molar refractivity (Wildman–Crippen MR) is 62.4 cm³/mol. The minimum Gasteiger partial charge on any atom is -0.462 e. The van der Waals surface area contributed by atoms with Gasteiger partial charge in [0.1, 0.15) is 0 Å². The molecular weight excluding hydrogens is 227 g/mol. The highest BCUT2D eigenvalue weighted by Gasteiger charge is 2.17. The molecule has 4 heteroatoms. The van der Waals surface area contributed by atoms with Gasteiger partial charge in [0.25, 0.3) is 0 Å². The standard InChI is InChI=1S/C12H15FO2S/c1-16-9-5-6-11(10(13)8-9)15-12-4-2-3-7-14-12/h5-6,8,12H,2-4,7H2,1H3. The van der Waals surface area contributed by atoms with E-state index in [1.807, 2.05) is 12.3 Å². The van der Waals surface area contributed by atoms with E-state index in [1.165, 1.54) is 17.8 Å². The van der Waals surface area contributed by atoms with Gasteiger partial charge in [-0.15, -0.1) is 11.8 Å². The summed E-state index contributed by atoms with van der Waals surface area (Å²) in [6.45, 7) is 0.704. The summed E-state index contributed by atoms with van der Waals surface area (Å²) in [7, 11) is 0. The number of halogens is 1. The zero-order valence-electron chi connectivity index (χ0n) is 9.24. The average Bonchev–Trinajstić information content (AvgIpc) is 2.33. The lowest BCUT2D eigenvalue weighted by molar-refractivity contribution is -0.107. The summed E-state index contributed by atoms with van der Waals surface area (Å²) in [6.07, 6.45) is 4.61. The Hall–Kier alpha value is -0.740. The first-order valence-electron chi connectivity index (χ1n) is 5.41. The quantitative estimate of drug-likeness (QED) is 0.756. The van der Waals surface area contributed by atoms with Gasteiger partial charge >= 0.3 is 0 Å². The Bertz CT molecular complexity index is 351. The minimum absolute atomic E-state index is 0.282. The summed E-state index contributed by atoms with van der Waals surface area (Å²) in [5.41, 5.74) is 0. The molecule has 1 fully saturated rings. The summed E-state index contributed by atoms with van der Waals surface area (Å²) >= 11 is 1.51. The molecule has 0 radical (unpaired) electrons. The molecule has 88 valence electrons. The maximum absolute atomic E-state index is 13.6. The second-order valence-electron chi connectivity index (χ2n) is 3.71. The van der Waals surface area contributed by atoms with E-state index in [0.29, 0.717) is 6.61 Å². The zero-order chi connectivity index (χ0) is 11.4. The van der Waals surface area contributed by atoms with Gasteiger partial charge in [0, 0.05) is 11.3 Å². The van der Waals surface area contributed by atoms with Crippen LogP contribution in [-0.4, -0.2) is 19.2 Å². The predicted octanol–water partition coefficient (Wildman–Crippen LogP) is 3.45. The lowest BCUT2D eigenvalue weighted by Crippen LogP contribution is -2.25. The first-order chi connectivity index (χ1) is 7.79. The summed E-state index contributed by atoms with van der Waals surface area (Å²) in [5, 5.41) is 0. The fourth-order valence-corrected chi connectivity index (χ4v) is 2.08. The molecule has 2 nitrogen and oxygen atoms in total. The van der Waals surface area contributed by atoms with Gasteiger partial charge in [-0.25, -0.2) is 4.39 Å². The molecule has 1 unspecified atom stereocenters. The number of benzene rings is 1. The van der Waals surface area contributed by atoms with Crippen LogP contribution in [0.15, 0.2) is 23.1 Å². The van der Waals surface area contributed by atoms with Crippen LogP contribution >= 0.6 is 11.8 Å². The topological polar surface area (TPSA) is 18.5 Å². The highest BCUT2D eigenvalue weighted by Crippen LogP contribution is 2.26. The monoisotopic (exact) mass is 242 g/mol. The van der Waals surface area contributed by atoms with Crippen molar-refractivity contribution in [2.24, 2.45) is 0 Å². The first-order valence-corrected chi connectivity index (χ1v) is 6.64. The number of hydrogen-bond acceptors (Lipinski definition) is 3. The number of hydrogen-bond donors (Lipinski definition) is 0. The van der Waals surface area contributed by atoms with Crippen LogP contribution < -0.4 is 4.74 Å². The number of ether oxygens (including phenoxy) is 2. The summed E-state index contributed by atoms with van der Waals surface area (Å²) < 4.78 is 24.5. The van der Waals surface area contributed by atoms with Gasteiger partial charge in [0.05, 0.1) is 6.61 Å². The average molecular weight is 242 g/mol. The second-order valence-corrected chi connectivity index (χ2v) is 4.59. The third kappa shape index (κ3) is 2.89. The Labute approximate surface area is 99.1 Å². The first kappa shape index (κ1) is 11.7. The van der Waals surface area contributed by atoms with Gasteiger partial charge in [0.15, 0.2) is 17.9 Å². The molecule has 1 heterocycles. The van der Waals surface area contributed by atoms with Crippen molar-refractivity contribution in [2.75, 3.05) is 12.9 Å². The fourth-order valence-electron chi connectivity index (χ4n) is 1.65. The molecule has 1 atom stereocenters. The lowest BCUT2D eigenvalue weighted by Gasteiger charge is -2.23. The van der Waals surface area contributed by atoms with Crippen molar-refractivity contribution >= 4 is 11.8 Å². The van der Waals surface area contributed by atoms with Crippen LogP contribution in [0.2, 0.25) is 0 Å². The van der Waals surface area contributed by atoms with E-state index in [0.717, 1.165) is 24.2 Å². The van der Waals surface area contributed by atoms with Gasteiger partial charge < -0.3 is 9.47 Å². The minimum atomic E-state index is -0.318. The van der Waals surface area contributed by atoms with Crippen molar-refractivity contribution in [3.8, 4) is 5.75 Å². The van der Waals surface area contributed by atoms with Crippen molar-refractivity contribution in [3.63, 3.8) is 0 Å². The van der Waals surface area contributed by atoms with E-state index in [1.54, 1.807) is 6.07 Å². The SMILES string of the molecule is CSc1ccc(OC2CCCCO2)c(F)c1. The van der Waals surface area contributed by atoms with Crippen molar-refractivity contribution in [2.45, 2.75) is 30.4 Å². The van der Waals surface area contributed by atoms with Crippen LogP contribution in [0.1, 0.15) is 19.3 Å². The Morgan fingerprint density at radius 3 is 2.94 bits per heavy atom. The van der Waals surface area contributed by atoms with Crippen molar-refractivity contribution in [1.82, 2.24) is 0 Å². The zero-order valence-corrected chi connectivity index (χ0v) is 10.1. The van der Waals surface area contributed by atoms with Crippen molar-refractivity contribution in [3.05, 3.63) is 24.0 Å². The molecule has 0 N–H and O–H groups in total. The Morgan fingerprint density at radius 2 is 2.31 bits per heavy atom. The Kier molecular flexibility index (Phi) is 4.07. The van der Waals surface area contributed by atoms with Crippen LogP contribution in [0, 0.1) is 5.82 Å². The third-order valence-corrected chi connectivity index (χ3v) is 3.26. The molecule has 1 aliphatic rings. The van der Waals surface area contributed by atoms with Gasteiger partial charge in [-0.05, 0) is 37.3 Å². The fraction of sp³-hybridized carbons (Fsp3) is 0.500. The van der Waals surface area contributed by atoms with E-state index >= 15 is 0 Å². The van der Waals surface area contributed by atoms with Crippen LogP contribution in [0.5, 0.6) is 5.75 Å². The molecule has 0 spiro atoms. The summed E-state index contributed by atoms with van der Waals surface area (Å²) in [6, 6.07) is 5.01. The van der Waals surface area contributed by atoms with Gasteiger partial charge in [0.2, 0.25) is 0 Å². The lowest BCUT2D eigenvalue weighted by atomic mass is 10.2. The van der Waals surface area contributed by atoms with Crippen LogP contribution in [-0.2, 0) is 4.74 Å². The van der Waals surface area contributed by atoms with Crippen LogP contribution in [0.3, 0.4) is 0 Å². The number of thioether (sulfide) groups is 1. The van der Waals surface area contributed by atoms with E-state index < -0.39 is 0 Å². The molecule has 1 aromatic carbocycles. The molecule has 0 bridgehead atoms. The largest absolute Gasteiger partial charge is 0.462 e. The highest BCUT2D eigenvalue weighted by molar-refractivity contribution is 7.98. The van der Waals surface area contributed by atoms with E-state index in [9.17, 15) is 4.39 Å². The molecule has 1 saturated heterocycles. The van der Waals surface area contributed by atoms with Crippen molar-refractivity contribution < 1.29 is 13.9 Å². The molecule has 0 aliphatic carbocycles. The third-order valence-electron chi connectivity index (χ3n) is 2.54. The van der Waals surface area contributed by atoms with E-state index in [2.05, 4.69) is 0 Å². The molecule has 2 rings (SSSR count). The van der Waals surface area contributed by atoms with Gasteiger partial charge in [-0.2, -0.15) is 0 Å². The molecule has 1 aromatic rings. The van der Waals surface area contributed by atoms with Crippen LogP contribution in [0.25, 0.3) is 0 Å². The molecule has 0 amide bonds. The molecular formula is C12H15FO2S. The van der Waals surface area contributed by atoms with E-state index in [4.69, 9.17) is 9.47 Å². The second kappa shape index (κ2) is 5.55. The maximum atomic E-state index is 13.6. The highest BCUT2D eigenvalue weighted by atomic mass is 32.2. The maximum Gasteiger partial charge on any atom is 0.199 e. The number of rotatable bonds is 3. The smallest absolute Gasteiger partial charge is 0.199 e. The Morgan fingerprint density at radius 1 is 1.44 bits per heavy atom. The molecule has 16 heavy (non-hydrogen) atoms. The molecule has 0 saturated carbocycles. The molecule has 1 aliphatic heterocycles. The summed E-state index contributed by atoms with van der Waals surface area (Å²) in [4.78, 5) is 0.898. The van der Waals surface area contributed by atoms with Gasteiger partial charge in [-0.1, -0.05) is 0 Å². The van der Waals surface area contributed by atoms with Crippen molar-refractivity contribution in [1.29, 1.82) is 0 Å². The normalized spacial score (nSPS) is 20.8. The van der Waals surface area contributed by atoms with Crippen LogP contribution in [0.4, 0.5) is 4.39 Å². The molecule has 0 aromatic heterocycles. The van der Waals surface area contributed by atoms with E-state index in [-0.39, 0.29) is 17.9 Å². The summed E-state index contributed by atoms with van der Waals surface area (Å²) in [5.74, 6) is -0.0364. The van der Waals surface area contributed by atoms with Gasteiger partial charge in [-0.3, -0.25) is 0 Å².